The molecule has 2 heteroatoms. The number of fused-ring (bicyclic) bond motifs is 1. The first-order valence-electron chi connectivity index (χ1n) is 4.43. The van der Waals surface area contributed by atoms with Gasteiger partial charge in [0.15, 0.2) is 0 Å². The molecule has 2 rings (SSSR count). The van der Waals surface area contributed by atoms with Gasteiger partial charge >= 0.3 is 0 Å². The Hall–Kier alpha value is 0.130. The van der Waals surface area contributed by atoms with Gasteiger partial charge in [-0.3, -0.25) is 4.67 Å². The largest absolute Gasteiger partial charge is 0.286 e. The fraction of sp³-hybridized carbons (Fsp3) is 0.778. The molecule has 1 unspecified atom stereocenters. The van der Waals surface area contributed by atoms with Crippen molar-refractivity contribution in [1.29, 1.82) is 0 Å². The second-order valence-corrected chi connectivity index (χ2v) is 4.65. The fourth-order valence-corrected chi connectivity index (χ4v) is 2.82. The van der Waals surface area contributed by atoms with E-state index in [4.69, 9.17) is 0 Å². The van der Waals surface area contributed by atoms with Crippen LogP contribution in [0.1, 0.15) is 13.3 Å². The van der Waals surface area contributed by atoms with Gasteiger partial charge < -0.3 is 0 Å². The number of hydrogen-bond acceptors (Lipinski definition) is 1. The van der Waals surface area contributed by atoms with Crippen LogP contribution in [0.5, 0.6) is 0 Å². The van der Waals surface area contributed by atoms with Crippen molar-refractivity contribution in [3.63, 3.8) is 0 Å². The van der Waals surface area contributed by atoms with Crippen LogP contribution in [0.15, 0.2) is 12.2 Å². The molecule has 0 amide bonds. The summed E-state index contributed by atoms with van der Waals surface area (Å²) >= 11 is 0. The van der Waals surface area contributed by atoms with Crippen LogP contribution in [0.25, 0.3) is 0 Å². The zero-order chi connectivity index (χ0) is 7.84. The lowest BCUT2D eigenvalue weighted by molar-refractivity contribution is 0.321. The predicted molar refractivity (Wildman–Crippen MR) is 51.2 cm³/mol. The normalized spacial score (nSPS) is 44.4. The first-order chi connectivity index (χ1) is 5.27. The van der Waals surface area contributed by atoms with E-state index in [0.29, 0.717) is 0 Å². The molecule has 1 saturated heterocycles. The summed E-state index contributed by atoms with van der Waals surface area (Å²) in [4.78, 5) is 0. The van der Waals surface area contributed by atoms with Crippen LogP contribution >= 0.6 is 9.39 Å². The molecule has 0 radical (unpaired) electrons. The Kier molecular flexibility index (Phi) is 2.03. The molecule has 0 spiro atoms. The van der Waals surface area contributed by atoms with Crippen molar-refractivity contribution in [2.24, 2.45) is 17.8 Å². The van der Waals surface area contributed by atoms with Gasteiger partial charge in [-0.15, -0.1) is 0 Å². The molecule has 1 aliphatic carbocycles. The van der Waals surface area contributed by atoms with Crippen LogP contribution in [0.4, 0.5) is 0 Å². The number of hydrogen-bond donors (Lipinski definition) is 0. The van der Waals surface area contributed by atoms with Crippen LogP contribution in [0.3, 0.4) is 0 Å². The van der Waals surface area contributed by atoms with Crippen molar-refractivity contribution in [3.05, 3.63) is 12.2 Å². The van der Waals surface area contributed by atoms with Crippen LogP contribution in [-0.2, 0) is 0 Å². The first-order valence-corrected chi connectivity index (χ1v) is 4.95. The maximum absolute atomic E-state index is 2.82. The minimum atomic E-state index is 0.844. The van der Waals surface area contributed by atoms with Crippen molar-refractivity contribution >= 4 is 9.39 Å². The third kappa shape index (κ3) is 1.37. The lowest BCUT2D eigenvalue weighted by Crippen LogP contribution is -2.21. The third-order valence-corrected chi connectivity index (χ3v) is 3.48. The van der Waals surface area contributed by atoms with Crippen molar-refractivity contribution in [2.45, 2.75) is 13.3 Å². The second-order valence-electron chi connectivity index (χ2n) is 3.92. The van der Waals surface area contributed by atoms with Gasteiger partial charge in [0.1, 0.15) is 0 Å². The summed E-state index contributed by atoms with van der Waals surface area (Å²) in [6.45, 7) is 4.90. The highest BCUT2D eigenvalue weighted by Crippen LogP contribution is 2.36. The van der Waals surface area contributed by atoms with Gasteiger partial charge in [0.25, 0.3) is 0 Å². The number of rotatable bonds is 0. The standard InChI is InChI=1S/C9H16NP/c1-7-3-2-4-8-5-10(11)6-9(7)8/h2,4,7-9H,3,5-6,11H2,1H3/t7-,8+,9+/m1/s1. The van der Waals surface area contributed by atoms with Crippen LogP contribution in [-0.4, -0.2) is 17.8 Å². The predicted octanol–water partition coefficient (Wildman–Crippen LogP) is 1.92. The molecule has 1 aliphatic heterocycles. The van der Waals surface area contributed by atoms with Crippen molar-refractivity contribution in [1.82, 2.24) is 4.67 Å². The molecule has 0 aromatic heterocycles. The molecule has 62 valence electrons. The Labute approximate surface area is 71.1 Å². The zero-order valence-electron chi connectivity index (χ0n) is 7.03. The van der Waals surface area contributed by atoms with Gasteiger partial charge in [-0.2, -0.15) is 0 Å². The molecule has 1 fully saturated rings. The molecule has 0 aromatic carbocycles. The molecule has 2 aliphatic rings. The fourth-order valence-electron chi connectivity index (χ4n) is 2.34. The maximum Gasteiger partial charge on any atom is 0.00825 e. The minimum Gasteiger partial charge on any atom is -0.286 e. The van der Waals surface area contributed by atoms with Gasteiger partial charge in [0, 0.05) is 13.1 Å². The molecule has 0 saturated carbocycles. The SMILES string of the molecule is C[C@@H]1CC=C[C@H]2CN(P)C[C@@H]12. The Morgan fingerprint density at radius 2 is 2.27 bits per heavy atom. The Morgan fingerprint density at radius 1 is 1.45 bits per heavy atom. The van der Waals surface area contributed by atoms with E-state index in [-0.39, 0.29) is 0 Å². The summed E-state index contributed by atoms with van der Waals surface area (Å²) in [6.07, 6.45) is 6.06. The van der Waals surface area contributed by atoms with Gasteiger partial charge in [-0.25, -0.2) is 0 Å². The third-order valence-electron chi connectivity index (χ3n) is 3.06. The van der Waals surface area contributed by atoms with E-state index >= 15 is 0 Å². The van der Waals surface area contributed by atoms with Crippen molar-refractivity contribution in [2.75, 3.05) is 13.1 Å². The van der Waals surface area contributed by atoms with E-state index in [1.54, 1.807) is 0 Å². The molecule has 0 aromatic rings. The van der Waals surface area contributed by atoms with Crippen molar-refractivity contribution in [3.8, 4) is 0 Å². The van der Waals surface area contributed by atoms with E-state index in [2.05, 4.69) is 33.1 Å². The van der Waals surface area contributed by atoms with Crippen LogP contribution in [0.2, 0.25) is 0 Å². The second kappa shape index (κ2) is 2.88. The monoisotopic (exact) mass is 169 g/mol. The van der Waals surface area contributed by atoms with E-state index in [1.165, 1.54) is 19.5 Å². The lowest BCUT2D eigenvalue weighted by Gasteiger charge is -2.25. The van der Waals surface area contributed by atoms with Crippen LogP contribution in [0, 0.1) is 17.8 Å². The average Bonchev–Trinajstić information content (AvgIpc) is 2.31. The van der Waals surface area contributed by atoms with Crippen LogP contribution < -0.4 is 0 Å². The summed E-state index contributed by atoms with van der Waals surface area (Å²) in [6, 6.07) is 0. The molecular formula is C9H16NP. The highest BCUT2D eigenvalue weighted by atomic mass is 31.0. The molecule has 4 atom stereocenters. The molecule has 0 bridgehead atoms. The van der Waals surface area contributed by atoms with E-state index in [1.807, 2.05) is 0 Å². The van der Waals surface area contributed by atoms with Gasteiger partial charge in [0.2, 0.25) is 0 Å². The van der Waals surface area contributed by atoms with Crippen molar-refractivity contribution < 1.29 is 0 Å². The smallest absolute Gasteiger partial charge is 0.00825 e. The van der Waals surface area contributed by atoms with Gasteiger partial charge in [-0.05, 0) is 24.2 Å². The summed E-state index contributed by atoms with van der Waals surface area (Å²) in [7, 11) is 2.82. The van der Waals surface area contributed by atoms with E-state index in [0.717, 1.165) is 17.8 Å². The number of nitrogens with zero attached hydrogens (tertiary/aromatic N) is 1. The summed E-state index contributed by atoms with van der Waals surface area (Å²) in [5.74, 6) is 2.67. The number of allylic oxidation sites excluding steroid dienone is 1. The van der Waals surface area contributed by atoms with Gasteiger partial charge in [-0.1, -0.05) is 28.5 Å². The highest BCUT2D eigenvalue weighted by Gasteiger charge is 2.34. The Balaban J connectivity index is 2.13. The molecule has 11 heavy (non-hydrogen) atoms. The molecule has 0 N–H and O–H groups in total. The molecular weight excluding hydrogens is 153 g/mol. The Morgan fingerprint density at radius 3 is 3.00 bits per heavy atom. The van der Waals surface area contributed by atoms with Gasteiger partial charge in [0.05, 0.1) is 0 Å². The summed E-state index contributed by atoms with van der Waals surface area (Å²) in [5, 5.41) is 0. The Bertz CT molecular complexity index is 178. The minimum absolute atomic E-state index is 0.844. The lowest BCUT2D eigenvalue weighted by atomic mass is 9.79. The molecule has 1 nitrogen and oxygen atoms in total. The zero-order valence-corrected chi connectivity index (χ0v) is 8.19. The summed E-state index contributed by atoms with van der Waals surface area (Å²) in [5.41, 5.74) is 0. The first kappa shape index (κ1) is 7.76. The quantitative estimate of drug-likeness (QED) is 0.395. The highest BCUT2D eigenvalue weighted by molar-refractivity contribution is 7.13. The average molecular weight is 169 g/mol. The maximum atomic E-state index is 2.82. The summed E-state index contributed by atoms with van der Waals surface area (Å²) < 4.78 is 2.38. The molecule has 1 heterocycles. The van der Waals surface area contributed by atoms with E-state index < -0.39 is 0 Å². The topological polar surface area (TPSA) is 3.24 Å². The van der Waals surface area contributed by atoms with E-state index in [9.17, 15) is 0 Å².